The number of hydrogen-bond acceptors (Lipinski definition) is 2. The lowest BCUT2D eigenvalue weighted by Gasteiger charge is -2.26. The van der Waals surface area contributed by atoms with Gasteiger partial charge >= 0.3 is 0 Å². The van der Waals surface area contributed by atoms with Crippen molar-refractivity contribution in [3.05, 3.63) is 29.8 Å². The Morgan fingerprint density at radius 2 is 1.85 bits per heavy atom. The zero-order valence-electron chi connectivity index (χ0n) is 12.1. The fourth-order valence-electron chi connectivity index (χ4n) is 2.61. The van der Waals surface area contributed by atoms with Crippen LogP contribution in [0.4, 0.5) is 5.69 Å². The van der Waals surface area contributed by atoms with Gasteiger partial charge in [0.05, 0.1) is 0 Å². The van der Waals surface area contributed by atoms with Gasteiger partial charge in [0.2, 0.25) is 5.91 Å². The van der Waals surface area contributed by atoms with E-state index in [4.69, 9.17) is 0 Å². The first kappa shape index (κ1) is 14.6. The number of benzene rings is 1. The van der Waals surface area contributed by atoms with Crippen molar-refractivity contribution >= 4 is 17.5 Å². The van der Waals surface area contributed by atoms with Gasteiger partial charge in [-0.1, -0.05) is 13.0 Å². The van der Waals surface area contributed by atoms with E-state index < -0.39 is 0 Å². The Hall–Kier alpha value is -1.84. The van der Waals surface area contributed by atoms with Crippen molar-refractivity contribution in [2.24, 2.45) is 5.92 Å². The van der Waals surface area contributed by atoms with E-state index in [1.165, 1.54) is 19.8 Å². The first-order chi connectivity index (χ1) is 9.54. The Morgan fingerprint density at radius 1 is 1.15 bits per heavy atom. The fraction of sp³-hybridized carbons (Fsp3) is 0.500. The molecule has 1 aromatic carbocycles. The minimum atomic E-state index is -0.135. The molecule has 4 nitrogen and oxygen atoms in total. The van der Waals surface area contributed by atoms with E-state index in [0.29, 0.717) is 11.3 Å². The van der Waals surface area contributed by atoms with E-state index in [1.807, 2.05) is 0 Å². The smallest absolute Gasteiger partial charge is 0.251 e. The Balaban J connectivity index is 1.96. The number of nitrogens with one attached hydrogen (secondary N) is 2. The number of carbonyl (C=O) groups is 2. The third-order valence-corrected chi connectivity index (χ3v) is 3.80. The van der Waals surface area contributed by atoms with Crippen molar-refractivity contribution in [1.29, 1.82) is 0 Å². The summed E-state index contributed by atoms with van der Waals surface area (Å²) in [5.41, 5.74) is 1.25. The molecule has 1 fully saturated rings. The van der Waals surface area contributed by atoms with E-state index in [2.05, 4.69) is 17.6 Å². The lowest BCUT2D eigenvalue weighted by molar-refractivity contribution is -0.114. The van der Waals surface area contributed by atoms with Gasteiger partial charge in [-0.25, -0.2) is 0 Å². The van der Waals surface area contributed by atoms with Crippen LogP contribution in [-0.2, 0) is 4.79 Å². The standard InChI is InChI=1S/C16H22N2O2/c1-11-6-8-14(9-7-11)18-16(20)13-4-3-5-15(10-13)17-12(2)19/h3-5,10-11,14H,6-9H2,1-2H3,(H,17,19)(H,18,20). The van der Waals surface area contributed by atoms with Gasteiger partial charge < -0.3 is 10.6 Å². The van der Waals surface area contributed by atoms with E-state index in [-0.39, 0.29) is 17.9 Å². The zero-order chi connectivity index (χ0) is 14.5. The largest absolute Gasteiger partial charge is 0.349 e. The summed E-state index contributed by atoms with van der Waals surface area (Å²) in [5, 5.41) is 5.78. The molecule has 0 saturated heterocycles. The number of rotatable bonds is 3. The van der Waals surface area contributed by atoms with Gasteiger partial charge in [-0.3, -0.25) is 9.59 Å². The minimum Gasteiger partial charge on any atom is -0.349 e. The first-order valence-electron chi connectivity index (χ1n) is 7.23. The molecule has 0 bridgehead atoms. The normalized spacial score (nSPS) is 22.1. The SMILES string of the molecule is CC(=O)Nc1cccc(C(=O)NC2CCC(C)CC2)c1. The van der Waals surface area contributed by atoms with Crippen molar-refractivity contribution in [1.82, 2.24) is 5.32 Å². The maximum absolute atomic E-state index is 12.2. The fourth-order valence-corrected chi connectivity index (χ4v) is 2.61. The Labute approximate surface area is 119 Å². The van der Waals surface area contributed by atoms with Crippen molar-refractivity contribution in [3.8, 4) is 0 Å². The van der Waals surface area contributed by atoms with Gasteiger partial charge in [0.25, 0.3) is 5.91 Å². The quantitative estimate of drug-likeness (QED) is 0.890. The molecule has 0 atom stereocenters. The van der Waals surface area contributed by atoms with Gasteiger partial charge in [0.1, 0.15) is 0 Å². The lowest BCUT2D eigenvalue weighted by Crippen LogP contribution is -2.37. The van der Waals surface area contributed by atoms with E-state index in [0.717, 1.165) is 18.8 Å². The van der Waals surface area contributed by atoms with Crippen LogP contribution >= 0.6 is 0 Å². The summed E-state index contributed by atoms with van der Waals surface area (Å²) in [4.78, 5) is 23.2. The summed E-state index contributed by atoms with van der Waals surface area (Å²) in [6.07, 6.45) is 4.46. The molecule has 2 N–H and O–H groups in total. The molecule has 1 saturated carbocycles. The van der Waals surface area contributed by atoms with Crippen LogP contribution < -0.4 is 10.6 Å². The number of anilines is 1. The first-order valence-corrected chi connectivity index (χ1v) is 7.23. The molecule has 0 heterocycles. The van der Waals surface area contributed by atoms with Crippen LogP contribution in [0.1, 0.15) is 49.9 Å². The summed E-state index contributed by atoms with van der Waals surface area (Å²) in [6, 6.07) is 7.32. The molecule has 0 aliphatic heterocycles. The molecule has 1 aliphatic carbocycles. The van der Waals surface area contributed by atoms with Crippen molar-refractivity contribution in [2.75, 3.05) is 5.32 Å². The molecular weight excluding hydrogens is 252 g/mol. The second kappa shape index (κ2) is 6.55. The highest BCUT2D eigenvalue weighted by atomic mass is 16.2. The van der Waals surface area contributed by atoms with Crippen LogP contribution in [0.2, 0.25) is 0 Å². The Morgan fingerprint density at radius 3 is 2.50 bits per heavy atom. The molecule has 1 aromatic rings. The summed E-state index contributed by atoms with van der Waals surface area (Å²) < 4.78 is 0. The molecule has 2 amide bonds. The Kier molecular flexibility index (Phi) is 4.77. The topological polar surface area (TPSA) is 58.2 Å². The summed E-state index contributed by atoms with van der Waals surface area (Å²) in [7, 11) is 0. The predicted molar refractivity (Wildman–Crippen MR) is 79.6 cm³/mol. The highest BCUT2D eigenvalue weighted by molar-refractivity contribution is 5.96. The average Bonchev–Trinajstić information content (AvgIpc) is 2.41. The van der Waals surface area contributed by atoms with Crippen LogP contribution in [-0.4, -0.2) is 17.9 Å². The molecule has 4 heteroatoms. The number of carbonyl (C=O) groups excluding carboxylic acids is 2. The number of hydrogen-bond donors (Lipinski definition) is 2. The van der Waals surface area contributed by atoms with Gasteiger partial charge in [0.15, 0.2) is 0 Å². The highest BCUT2D eigenvalue weighted by Gasteiger charge is 2.20. The van der Waals surface area contributed by atoms with Crippen molar-refractivity contribution in [3.63, 3.8) is 0 Å². The van der Waals surface area contributed by atoms with E-state index >= 15 is 0 Å². The molecule has 1 aliphatic rings. The van der Waals surface area contributed by atoms with Crippen molar-refractivity contribution in [2.45, 2.75) is 45.6 Å². The van der Waals surface area contributed by atoms with Gasteiger partial charge in [-0.05, 0) is 49.8 Å². The molecule has 108 valence electrons. The van der Waals surface area contributed by atoms with E-state index in [1.54, 1.807) is 24.3 Å². The predicted octanol–water partition coefficient (Wildman–Crippen LogP) is 2.95. The maximum atomic E-state index is 12.2. The zero-order valence-corrected chi connectivity index (χ0v) is 12.1. The number of amides is 2. The average molecular weight is 274 g/mol. The van der Waals surface area contributed by atoms with Crippen LogP contribution in [0.15, 0.2) is 24.3 Å². The van der Waals surface area contributed by atoms with Gasteiger partial charge in [0, 0.05) is 24.2 Å². The minimum absolute atomic E-state index is 0.0586. The molecule has 0 aromatic heterocycles. The molecule has 20 heavy (non-hydrogen) atoms. The lowest BCUT2D eigenvalue weighted by atomic mass is 9.87. The third-order valence-electron chi connectivity index (χ3n) is 3.80. The van der Waals surface area contributed by atoms with Crippen LogP contribution in [0.25, 0.3) is 0 Å². The third kappa shape index (κ3) is 4.08. The van der Waals surface area contributed by atoms with Crippen LogP contribution in [0.3, 0.4) is 0 Å². The maximum Gasteiger partial charge on any atom is 0.251 e. The second-order valence-electron chi connectivity index (χ2n) is 5.69. The Bertz CT molecular complexity index is 491. The molecule has 0 unspecified atom stereocenters. The summed E-state index contributed by atoms with van der Waals surface area (Å²) in [6.45, 7) is 3.71. The molecular formula is C16H22N2O2. The summed E-state index contributed by atoms with van der Waals surface area (Å²) in [5.74, 6) is 0.576. The molecule has 2 rings (SSSR count). The van der Waals surface area contributed by atoms with E-state index in [9.17, 15) is 9.59 Å². The molecule has 0 radical (unpaired) electrons. The molecule has 0 spiro atoms. The summed E-state index contributed by atoms with van der Waals surface area (Å²) >= 11 is 0. The van der Waals surface area contributed by atoms with Gasteiger partial charge in [-0.15, -0.1) is 0 Å². The second-order valence-corrected chi connectivity index (χ2v) is 5.69. The van der Waals surface area contributed by atoms with Crippen LogP contribution in [0, 0.1) is 5.92 Å². The monoisotopic (exact) mass is 274 g/mol. The van der Waals surface area contributed by atoms with Crippen molar-refractivity contribution < 1.29 is 9.59 Å². The van der Waals surface area contributed by atoms with Gasteiger partial charge in [-0.2, -0.15) is 0 Å². The van der Waals surface area contributed by atoms with Crippen LogP contribution in [0.5, 0.6) is 0 Å². The highest BCUT2D eigenvalue weighted by Crippen LogP contribution is 2.23.